The molecule has 0 unspecified atom stereocenters. The van der Waals surface area contributed by atoms with E-state index in [9.17, 15) is 13.2 Å². The Hall–Kier alpha value is -2.18. The van der Waals surface area contributed by atoms with Crippen molar-refractivity contribution >= 4 is 21.6 Å². The molecule has 2 aromatic rings. The van der Waals surface area contributed by atoms with Crippen LogP contribution >= 0.6 is 0 Å². The minimum atomic E-state index is -3.43. The van der Waals surface area contributed by atoms with Crippen molar-refractivity contribution in [2.75, 3.05) is 18.0 Å². The second-order valence-electron chi connectivity index (χ2n) is 8.41. The van der Waals surface area contributed by atoms with Gasteiger partial charge in [-0.15, -0.1) is 0 Å². The number of carbonyl (C=O) groups is 1. The number of nitrogens with zero attached hydrogens (tertiary/aromatic N) is 2. The summed E-state index contributed by atoms with van der Waals surface area (Å²) in [4.78, 5) is 15.1. The number of hydrogen-bond donors (Lipinski definition) is 0. The predicted octanol–water partition coefficient (Wildman–Crippen LogP) is 4.16. The first-order valence-electron chi connectivity index (χ1n) is 11.0. The van der Waals surface area contributed by atoms with Gasteiger partial charge in [-0.2, -0.15) is 4.31 Å². The molecule has 1 amide bonds. The van der Waals surface area contributed by atoms with Gasteiger partial charge in [0.05, 0.1) is 4.90 Å². The zero-order valence-electron chi connectivity index (χ0n) is 17.6. The zero-order valence-corrected chi connectivity index (χ0v) is 18.4. The Morgan fingerprint density at radius 2 is 1.63 bits per heavy atom. The van der Waals surface area contributed by atoms with Gasteiger partial charge in [-0.3, -0.25) is 4.79 Å². The molecule has 2 heterocycles. The first-order valence-corrected chi connectivity index (χ1v) is 12.4. The summed E-state index contributed by atoms with van der Waals surface area (Å²) in [6.45, 7) is 3.29. The van der Waals surface area contributed by atoms with Gasteiger partial charge in [0.2, 0.25) is 15.9 Å². The van der Waals surface area contributed by atoms with E-state index in [-0.39, 0.29) is 11.9 Å². The lowest BCUT2D eigenvalue weighted by atomic mass is 10.1. The summed E-state index contributed by atoms with van der Waals surface area (Å²) in [6, 6.07) is 15.3. The number of fused-ring (bicyclic) bond motifs is 1. The number of benzene rings is 2. The van der Waals surface area contributed by atoms with Gasteiger partial charge in [0, 0.05) is 31.2 Å². The minimum absolute atomic E-state index is 0.119. The molecule has 30 heavy (non-hydrogen) atoms. The van der Waals surface area contributed by atoms with Crippen LogP contribution in [0.5, 0.6) is 0 Å². The van der Waals surface area contributed by atoms with E-state index < -0.39 is 10.0 Å². The fourth-order valence-corrected chi connectivity index (χ4v) is 6.09. The molecule has 0 N–H and O–H groups in total. The lowest BCUT2D eigenvalue weighted by molar-refractivity contribution is -0.118. The second kappa shape index (κ2) is 8.90. The van der Waals surface area contributed by atoms with Crippen molar-refractivity contribution in [3.63, 3.8) is 0 Å². The molecular weight excluding hydrogens is 396 g/mol. The number of carbonyl (C=O) groups excluding carboxylic acids is 1. The fourth-order valence-electron chi connectivity index (χ4n) is 4.58. The Balaban J connectivity index is 1.40. The van der Waals surface area contributed by atoms with E-state index in [0.717, 1.165) is 43.4 Å². The van der Waals surface area contributed by atoms with E-state index >= 15 is 0 Å². The number of amides is 1. The summed E-state index contributed by atoms with van der Waals surface area (Å²) in [5.74, 6) is 0.119. The fraction of sp³-hybridized carbons (Fsp3) is 0.458. The van der Waals surface area contributed by atoms with Gasteiger partial charge >= 0.3 is 0 Å². The third-order valence-corrected chi connectivity index (χ3v) is 8.14. The van der Waals surface area contributed by atoms with Gasteiger partial charge in [0.25, 0.3) is 0 Å². The van der Waals surface area contributed by atoms with E-state index in [1.807, 2.05) is 35.2 Å². The second-order valence-corrected chi connectivity index (χ2v) is 10.3. The molecule has 0 aliphatic carbocycles. The van der Waals surface area contributed by atoms with E-state index in [0.29, 0.717) is 30.8 Å². The van der Waals surface area contributed by atoms with Crippen molar-refractivity contribution in [3.8, 4) is 0 Å². The van der Waals surface area contributed by atoms with Gasteiger partial charge < -0.3 is 4.90 Å². The molecule has 0 saturated carbocycles. The van der Waals surface area contributed by atoms with Crippen LogP contribution in [0.25, 0.3) is 0 Å². The van der Waals surface area contributed by atoms with Gasteiger partial charge in [-0.25, -0.2) is 8.42 Å². The Morgan fingerprint density at radius 1 is 0.967 bits per heavy atom. The van der Waals surface area contributed by atoms with E-state index in [2.05, 4.69) is 13.0 Å². The van der Waals surface area contributed by atoms with Crippen LogP contribution in [0.4, 0.5) is 5.69 Å². The Labute approximate surface area is 179 Å². The largest absolute Gasteiger partial charge is 0.309 e. The first kappa shape index (κ1) is 21.1. The molecular formula is C24H30N2O3S. The highest BCUT2D eigenvalue weighted by Gasteiger charge is 2.30. The van der Waals surface area contributed by atoms with Crippen molar-refractivity contribution in [3.05, 3.63) is 59.7 Å². The van der Waals surface area contributed by atoms with Crippen LogP contribution < -0.4 is 4.90 Å². The average molecular weight is 427 g/mol. The summed E-state index contributed by atoms with van der Waals surface area (Å²) in [5.41, 5.74) is 3.23. The lowest BCUT2D eigenvalue weighted by Gasteiger charge is -2.23. The molecule has 0 bridgehead atoms. The maximum atomic E-state index is 12.9. The smallest absolute Gasteiger partial charge is 0.243 e. The standard InChI is InChI=1S/C24H30N2O3S/c1-19-18-21-8-4-5-9-23(21)26(19)24(27)15-12-20-10-13-22(14-11-20)30(28,29)25-16-6-2-3-7-17-25/h4-5,8-11,13-14,19H,2-3,6-7,12,15-18H2,1H3/t19-/m1/s1. The van der Waals surface area contributed by atoms with Crippen molar-refractivity contribution in [1.29, 1.82) is 0 Å². The van der Waals surface area contributed by atoms with Crippen LogP contribution in [-0.2, 0) is 27.7 Å². The SMILES string of the molecule is C[C@@H]1Cc2ccccc2N1C(=O)CCc1ccc(S(=O)(=O)N2CCCCCC2)cc1. The average Bonchev–Trinajstić information content (AvgIpc) is 2.91. The van der Waals surface area contributed by atoms with Gasteiger partial charge in [0.1, 0.15) is 0 Å². The summed E-state index contributed by atoms with van der Waals surface area (Å²) in [6.07, 6.45) is 5.96. The zero-order chi connectivity index (χ0) is 21.1. The quantitative estimate of drug-likeness (QED) is 0.721. The number of rotatable bonds is 5. The summed E-state index contributed by atoms with van der Waals surface area (Å²) in [7, 11) is -3.43. The molecule has 4 rings (SSSR count). The van der Waals surface area contributed by atoms with E-state index in [1.54, 1.807) is 16.4 Å². The van der Waals surface area contributed by atoms with Crippen molar-refractivity contribution in [2.45, 2.75) is 62.8 Å². The van der Waals surface area contributed by atoms with E-state index in [4.69, 9.17) is 0 Å². The maximum absolute atomic E-state index is 12.9. The number of para-hydroxylation sites is 1. The van der Waals surface area contributed by atoms with Crippen molar-refractivity contribution in [2.24, 2.45) is 0 Å². The Morgan fingerprint density at radius 3 is 2.33 bits per heavy atom. The highest BCUT2D eigenvalue weighted by atomic mass is 32.2. The number of hydrogen-bond acceptors (Lipinski definition) is 3. The molecule has 160 valence electrons. The van der Waals surface area contributed by atoms with Crippen molar-refractivity contribution in [1.82, 2.24) is 4.31 Å². The molecule has 1 atom stereocenters. The molecule has 2 aliphatic heterocycles. The minimum Gasteiger partial charge on any atom is -0.309 e. The van der Waals surface area contributed by atoms with Crippen LogP contribution in [0.15, 0.2) is 53.4 Å². The van der Waals surface area contributed by atoms with Crippen LogP contribution in [-0.4, -0.2) is 37.8 Å². The molecule has 6 heteroatoms. The van der Waals surface area contributed by atoms with Crippen LogP contribution in [0.2, 0.25) is 0 Å². The van der Waals surface area contributed by atoms with E-state index in [1.165, 1.54) is 5.56 Å². The molecule has 1 fully saturated rings. The van der Waals surface area contributed by atoms with Gasteiger partial charge in [-0.1, -0.05) is 43.2 Å². The summed E-state index contributed by atoms with van der Waals surface area (Å²) >= 11 is 0. The third-order valence-electron chi connectivity index (χ3n) is 6.23. The summed E-state index contributed by atoms with van der Waals surface area (Å²) in [5, 5.41) is 0. The normalized spacial score (nSPS) is 20.0. The van der Waals surface area contributed by atoms with Crippen LogP contribution in [0, 0.1) is 0 Å². The first-order chi connectivity index (χ1) is 14.5. The van der Waals surface area contributed by atoms with Gasteiger partial charge in [0.15, 0.2) is 0 Å². The van der Waals surface area contributed by atoms with Crippen LogP contribution in [0.1, 0.15) is 50.2 Å². The topological polar surface area (TPSA) is 57.7 Å². The van der Waals surface area contributed by atoms with Gasteiger partial charge in [-0.05, 0) is 61.9 Å². The molecule has 2 aromatic carbocycles. The third kappa shape index (κ3) is 4.30. The molecule has 2 aliphatic rings. The molecule has 1 saturated heterocycles. The lowest BCUT2D eigenvalue weighted by Crippen LogP contribution is -2.35. The highest BCUT2D eigenvalue weighted by Crippen LogP contribution is 2.32. The Kier molecular flexibility index (Phi) is 6.25. The predicted molar refractivity (Wildman–Crippen MR) is 119 cm³/mol. The van der Waals surface area contributed by atoms with Crippen molar-refractivity contribution < 1.29 is 13.2 Å². The molecule has 0 radical (unpaired) electrons. The van der Waals surface area contributed by atoms with Crippen LogP contribution in [0.3, 0.4) is 0 Å². The number of anilines is 1. The highest BCUT2D eigenvalue weighted by molar-refractivity contribution is 7.89. The molecule has 0 spiro atoms. The Bertz CT molecular complexity index is 993. The molecule has 5 nitrogen and oxygen atoms in total. The number of sulfonamides is 1. The summed E-state index contributed by atoms with van der Waals surface area (Å²) < 4.78 is 27.4. The maximum Gasteiger partial charge on any atom is 0.243 e. The molecule has 0 aromatic heterocycles. The number of aryl methyl sites for hydroxylation is 1. The monoisotopic (exact) mass is 426 g/mol.